The van der Waals surface area contributed by atoms with Crippen LogP contribution in [0.3, 0.4) is 0 Å². The van der Waals surface area contributed by atoms with Gasteiger partial charge in [0, 0.05) is 24.9 Å². The molecule has 0 radical (unpaired) electrons. The number of thioether (sulfide) groups is 1. The quantitative estimate of drug-likeness (QED) is 0.226. The molecule has 3 aliphatic heterocycles. The smallest absolute Gasteiger partial charge is 0.311 e. The van der Waals surface area contributed by atoms with Gasteiger partial charge in [-0.2, -0.15) is 0 Å². The molecule has 1 aromatic rings. The molecule has 3 heterocycles. The summed E-state index contributed by atoms with van der Waals surface area (Å²) in [6.45, 7) is 8.36. The number of unbranched alkanes of at least 4 members (excludes halogenated alkanes) is 3. The Morgan fingerprint density at radius 3 is 2.68 bits per heavy atom. The maximum absolute atomic E-state index is 14.4. The summed E-state index contributed by atoms with van der Waals surface area (Å²) in [5, 5.41) is 9.50. The van der Waals surface area contributed by atoms with Crippen molar-refractivity contribution in [2.24, 2.45) is 11.8 Å². The molecule has 200 valence electrons. The number of para-hydroxylation sites is 1. The van der Waals surface area contributed by atoms with E-state index >= 15 is 0 Å². The highest BCUT2D eigenvalue weighted by atomic mass is 35.5. The first-order valence-corrected chi connectivity index (χ1v) is 14.2. The highest BCUT2D eigenvalue weighted by Crippen LogP contribution is 2.66. The second-order valence-electron chi connectivity index (χ2n) is 9.83. The molecule has 37 heavy (non-hydrogen) atoms. The second-order valence-corrected chi connectivity index (χ2v) is 11.8. The van der Waals surface area contributed by atoms with Crippen molar-refractivity contribution in [2.75, 3.05) is 31.2 Å². The van der Waals surface area contributed by atoms with Crippen molar-refractivity contribution in [1.82, 2.24) is 4.90 Å². The third-order valence-corrected chi connectivity index (χ3v) is 9.95. The van der Waals surface area contributed by atoms with Gasteiger partial charge in [-0.25, -0.2) is 0 Å². The summed E-state index contributed by atoms with van der Waals surface area (Å²) >= 11 is 8.12. The molecule has 9 heteroatoms. The molecule has 1 aromatic carbocycles. The van der Waals surface area contributed by atoms with Gasteiger partial charge in [0.25, 0.3) is 5.91 Å². The van der Waals surface area contributed by atoms with Gasteiger partial charge in [0.1, 0.15) is 12.6 Å². The first-order chi connectivity index (χ1) is 17.9. The van der Waals surface area contributed by atoms with E-state index in [4.69, 9.17) is 21.4 Å². The fourth-order valence-electron chi connectivity index (χ4n) is 6.18. The summed E-state index contributed by atoms with van der Waals surface area (Å²) in [5.74, 6) is -1.91. The summed E-state index contributed by atoms with van der Waals surface area (Å²) in [5.41, 5.74) is 0.573. The molecule has 2 unspecified atom stereocenters. The first kappa shape index (κ1) is 27.7. The largest absolute Gasteiger partial charge is 0.461 e. The predicted molar refractivity (Wildman–Crippen MR) is 147 cm³/mol. The van der Waals surface area contributed by atoms with Crippen LogP contribution in [0, 0.1) is 11.8 Å². The Balaban J connectivity index is 1.70. The number of halogens is 1. The molecule has 7 nitrogen and oxygen atoms in total. The lowest BCUT2D eigenvalue weighted by molar-refractivity contribution is -0.153. The van der Waals surface area contributed by atoms with E-state index in [0.717, 1.165) is 19.3 Å². The second kappa shape index (κ2) is 12.0. The van der Waals surface area contributed by atoms with Crippen molar-refractivity contribution in [2.45, 2.75) is 54.6 Å². The lowest BCUT2D eigenvalue weighted by Crippen LogP contribution is -2.55. The van der Waals surface area contributed by atoms with Gasteiger partial charge in [0.15, 0.2) is 0 Å². The number of hydrogen-bond donors (Lipinski definition) is 1. The number of carbonyl (C=O) groups excluding carboxylic acids is 3. The number of ether oxygens (including phenoxy) is 1. The number of hydrogen-bond acceptors (Lipinski definition) is 6. The van der Waals surface area contributed by atoms with Crippen LogP contribution in [0.25, 0.3) is 0 Å². The van der Waals surface area contributed by atoms with E-state index in [1.807, 2.05) is 12.1 Å². The van der Waals surface area contributed by atoms with E-state index in [2.05, 4.69) is 13.2 Å². The minimum absolute atomic E-state index is 0.0542. The third kappa shape index (κ3) is 5.08. The molecule has 2 amide bonds. The number of rotatable bonds is 13. The molecule has 1 N–H and O–H groups in total. The number of nitrogens with zero attached hydrogens (tertiary/aromatic N) is 2. The van der Waals surface area contributed by atoms with Crippen molar-refractivity contribution in [3.63, 3.8) is 0 Å². The minimum Gasteiger partial charge on any atom is -0.461 e. The zero-order valence-corrected chi connectivity index (χ0v) is 22.6. The zero-order chi connectivity index (χ0) is 26.6. The van der Waals surface area contributed by atoms with E-state index in [9.17, 15) is 14.4 Å². The van der Waals surface area contributed by atoms with Crippen LogP contribution >= 0.6 is 23.4 Å². The average Bonchev–Trinajstić information content (AvgIpc) is 3.53. The number of amides is 2. The number of likely N-dealkylation sites (tertiary alicyclic amines) is 1. The number of esters is 1. The van der Waals surface area contributed by atoms with Gasteiger partial charge in [0.2, 0.25) is 5.91 Å². The molecular formula is C28H35ClN2O5S. The molecule has 5 atom stereocenters. The maximum Gasteiger partial charge on any atom is 0.311 e. The third-order valence-electron chi connectivity index (χ3n) is 7.68. The van der Waals surface area contributed by atoms with Crippen LogP contribution in [-0.2, 0) is 19.1 Å². The van der Waals surface area contributed by atoms with Crippen LogP contribution in [0.2, 0.25) is 5.02 Å². The van der Waals surface area contributed by atoms with Crippen LogP contribution < -0.4 is 4.90 Å². The first-order valence-electron chi connectivity index (χ1n) is 12.9. The van der Waals surface area contributed by atoms with Crippen molar-refractivity contribution in [3.8, 4) is 0 Å². The molecule has 0 saturated carbocycles. The number of benzene rings is 1. The van der Waals surface area contributed by atoms with Crippen molar-refractivity contribution in [1.29, 1.82) is 0 Å². The molecule has 2 bridgehead atoms. The minimum atomic E-state index is -0.716. The number of anilines is 1. The Labute approximate surface area is 227 Å². The van der Waals surface area contributed by atoms with Crippen molar-refractivity contribution in [3.05, 3.63) is 54.6 Å². The maximum atomic E-state index is 14.4. The Morgan fingerprint density at radius 2 is 1.97 bits per heavy atom. The Bertz CT molecular complexity index is 1050. The molecule has 3 aliphatic rings. The van der Waals surface area contributed by atoms with Gasteiger partial charge in [-0.05, 0) is 37.8 Å². The SMILES string of the molecule is C=CCOC(=O)[C@@H]1[C@H]2C(=O)N(CCCCCCO)C(C(=O)N(CC=C)c3ccccc3Cl)C23CC[C@H]1S3. The summed E-state index contributed by atoms with van der Waals surface area (Å²) in [4.78, 5) is 44.8. The van der Waals surface area contributed by atoms with Gasteiger partial charge >= 0.3 is 5.97 Å². The molecule has 3 fully saturated rings. The summed E-state index contributed by atoms with van der Waals surface area (Å²) in [6, 6.07) is 6.45. The number of fused-ring (bicyclic) bond motifs is 1. The number of carbonyl (C=O) groups is 3. The Hall–Kier alpha value is -2.29. The fraction of sp³-hybridized carbons (Fsp3) is 0.536. The van der Waals surface area contributed by atoms with E-state index in [0.29, 0.717) is 36.5 Å². The van der Waals surface area contributed by atoms with Crippen molar-refractivity contribution < 1.29 is 24.2 Å². The van der Waals surface area contributed by atoms with E-state index in [1.54, 1.807) is 39.8 Å². The van der Waals surface area contributed by atoms with Crippen LogP contribution in [0.4, 0.5) is 5.69 Å². The summed E-state index contributed by atoms with van der Waals surface area (Å²) in [7, 11) is 0. The van der Waals surface area contributed by atoms with Crippen LogP contribution in [0.5, 0.6) is 0 Å². The normalized spacial score (nSPS) is 27.7. The molecule has 1 spiro atoms. The van der Waals surface area contributed by atoms with Gasteiger partial charge in [0.05, 0.1) is 27.3 Å². The van der Waals surface area contributed by atoms with Crippen molar-refractivity contribution >= 4 is 46.8 Å². The molecular weight excluding hydrogens is 512 g/mol. The van der Waals surface area contributed by atoms with E-state index in [-0.39, 0.29) is 42.8 Å². The summed E-state index contributed by atoms with van der Waals surface area (Å²) in [6.07, 6.45) is 7.72. The molecule has 3 saturated heterocycles. The summed E-state index contributed by atoms with van der Waals surface area (Å²) < 4.78 is 4.73. The molecule has 0 aliphatic carbocycles. The molecule has 4 rings (SSSR count). The lowest BCUT2D eigenvalue weighted by Gasteiger charge is -2.37. The highest BCUT2D eigenvalue weighted by Gasteiger charge is 2.74. The predicted octanol–water partition coefficient (Wildman–Crippen LogP) is 4.23. The fourth-order valence-corrected chi connectivity index (χ4v) is 8.62. The number of aliphatic hydroxyl groups excluding tert-OH is 1. The van der Waals surface area contributed by atoms with Gasteiger partial charge in [-0.15, -0.1) is 18.3 Å². The Kier molecular flexibility index (Phi) is 9.03. The van der Waals surface area contributed by atoms with Gasteiger partial charge in [-0.3, -0.25) is 14.4 Å². The van der Waals surface area contributed by atoms with Gasteiger partial charge in [-0.1, -0.05) is 55.3 Å². The topological polar surface area (TPSA) is 87.1 Å². The lowest BCUT2D eigenvalue weighted by atomic mass is 9.71. The van der Waals surface area contributed by atoms with Crippen LogP contribution in [0.15, 0.2) is 49.6 Å². The van der Waals surface area contributed by atoms with Crippen LogP contribution in [0.1, 0.15) is 38.5 Å². The van der Waals surface area contributed by atoms with Gasteiger partial charge < -0.3 is 19.6 Å². The highest BCUT2D eigenvalue weighted by molar-refractivity contribution is 8.02. The van der Waals surface area contributed by atoms with E-state index < -0.39 is 22.6 Å². The standard InChI is InChI=1S/C28H35ClN2O5S/c1-3-15-30(20-12-8-7-11-19(20)29)26(34)24-28-14-13-21(37-28)22(27(35)36-18-4-2)23(28)25(33)31(24)16-9-5-6-10-17-32/h3-4,7-8,11-12,21-24,32H,1-2,5-6,9-10,13-18H2/t21-,22+,23+,24?,28?/m1/s1. The van der Waals surface area contributed by atoms with Crippen LogP contribution in [-0.4, -0.2) is 70.1 Å². The zero-order valence-electron chi connectivity index (χ0n) is 21.0. The number of aliphatic hydroxyl groups is 1. The van der Waals surface area contributed by atoms with E-state index in [1.165, 1.54) is 6.08 Å². The molecule has 0 aromatic heterocycles. The average molecular weight is 547 g/mol. The monoisotopic (exact) mass is 546 g/mol. The Morgan fingerprint density at radius 1 is 1.22 bits per heavy atom.